The highest BCUT2D eigenvalue weighted by Crippen LogP contribution is 2.32. The number of fused-ring (bicyclic) bond motifs is 1. The highest BCUT2D eigenvalue weighted by molar-refractivity contribution is 7.99. The summed E-state index contributed by atoms with van der Waals surface area (Å²) < 4.78 is 1.63. The standard InChI is InChI=1S/C19H19N3O2S2/c1-3-10-20-15(23)12-26-19-21-17-16(18(24)22(19)4-2)14(11-25-17)13-8-6-5-7-9-13/h3,5-9,11H,1,4,10,12H2,2H3,(H,20,23). The smallest absolute Gasteiger partial charge is 0.263 e. The predicted molar refractivity (Wildman–Crippen MR) is 109 cm³/mol. The average Bonchev–Trinajstić information content (AvgIpc) is 3.09. The molecule has 0 fully saturated rings. The molecule has 1 amide bonds. The van der Waals surface area contributed by atoms with Crippen LogP contribution in [0, 0.1) is 0 Å². The number of nitrogens with zero attached hydrogens (tertiary/aromatic N) is 2. The van der Waals surface area contributed by atoms with E-state index in [1.54, 1.807) is 10.6 Å². The fraction of sp³-hybridized carbons (Fsp3) is 0.211. The first-order chi connectivity index (χ1) is 12.7. The zero-order valence-corrected chi connectivity index (χ0v) is 16.0. The van der Waals surface area contributed by atoms with E-state index in [4.69, 9.17) is 0 Å². The van der Waals surface area contributed by atoms with Gasteiger partial charge in [-0.3, -0.25) is 14.2 Å². The van der Waals surface area contributed by atoms with Gasteiger partial charge in [-0.1, -0.05) is 48.2 Å². The first kappa shape index (κ1) is 18.4. The summed E-state index contributed by atoms with van der Waals surface area (Å²) in [7, 11) is 0. The van der Waals surface area contributed by atoms with Crippen molar-refractivity contribution < 1.29 is 4.79 Å². The van der Waals surface area contributed by atoms with Gasteiger partial charge in [0, 0.05) is 24.0 Å². The molecule has 0 radical (unpaired) electrons. The molecule has 0 unspecified atom stereocenters. The van der Waals surface area contributed by atoms with Gasteiger partial charge in [0.1, 0.15) is 4.83 Å². The predicted octanol–water partition coefficient (Wildman–Crippen LogP) is 3.54. The average molecular weight is 386 g/mol. The number of aromatic nitrogens is 2. The van der Waals surface area contributed by atoms with Gasteiger partial charge in [0.25, 0.3) is 5.56 Å². The summed E-state index contributed by atoms with van der Waals surface area (Å²) in [5, 5.41) is 5.91. The number of thioether (sulfide) groups is 1. The maximum Gasteiger partial charge on any atom is 0.263 e. The maximum absolute atomic E-state index is 13.1. The monoisotopic (exact) mass is 385 g/mol. The molecule has 2 heterocycles. The lowest BCUT2D eigenvalue weighted by atomic mass is 10.1. The molecule has 7 heteroatoms. The number of thiophene rings is 1. The second kappa shape index (κ2) is 8.33. The van der Waals surface area contributed by atoms with Crippen LogP contribution in [0.1, 0.15) is 6.92 Å². The Kier molecular flexibility index (Phi) is 5.90. The van der Waals surface area contributed by atoms with Crippen molar-refractivity contribution in [3.63, 3.8) is 0 Å². The molecule has 0 saturated carbocycles. The number of benzene rings is 1. The Bertz CT molecular complexity index is 993. The number of carbonyl (C=O) groups is 1. The van der Waals surface area contributed by atoms with E-state index in [1.807, 2.05) is 42.6 Å². The minimum absolute atomic E-state index is 0.0633. The summed E-state index contributed by atoms with van der Waals surface area (Å²) in [6.45, 7) is 6.41. The van der Waals surface area contributed by atoms with Gasteiger partial charge in [-0.2, -0.15) is 0 Å². The topological polar surface area (TPSA) is 64.0 Å². The third kappa shape index (κ3) is 3.73. The van der Waals surface area contributed by atoms with E-state index in [1.165, 1.54) is 23.1 Å². The number of rotatable bonds is 7. The second-order valence-electron chi connectivity index (χ2n) is 5.52. The van der Waals surface area contributed by atoms with Crippen LogP contribution in [0.15, 0.2) is 58.3 Å². The van der Waals surface area contributed by atoms with Crippen molar-refractivity contribution in [3.05, 3.63) is 58.7 Å². The minimum atomic E-state index is -0.108. The van der Waals surface area contributed by atoms with E-state index in [9.17, 15) is 9.59 Å². The van der Waals surface area contributed by atoms with Gasteiger partial charge in [0.05, 0.1) is 11.1 Å². The summed E-state index contributed by atoms with van der Waals surface area (Å²) in [4.78, 5) is 30.2. The lowest BCUT2D eigenvalue weighted by molar-refractivity contribution is -0.118. The fourth-order valence-electron chi connectivity index (χ4n) is 2.59. The van der Waals surface area contributed by atoms with Crippen molar-refractivity contribution in [2.45, 2.75) is 18.6 Å². The largest absolute Gasteiger partial charge is 0.352 e. The van der Waals surface area contributed by atoms with Gasteiger partial charge in [-0.05, 0) is 12.5 Å². The Hall–Kier alpha value is -2.38. The lowest BCUT2D eigenvalue weighted by Crippen LogP contribution is -2.26. The Morgan fingerprint density at radius 1 is 1.38 bits per heavy atom. The molecule has 0 atom stereocenters. The molecule has 3 rings (SSSR count). The molecule has 0 aliphatic heterocycles. The van der Waals surface area contributed by atoms with Crippen LogP contribution >= 0.6 is 23.1 Å². The second-order valence-corrected chi connectivity index (χ2v) is 7.32. The normalized spacial score (nSPS) is 10.8. The zero-order valence-electron chi connectivity index (χ0n) is 14.4. The molecule has 1 N–H and O–H groups in total. The summed E-state index contributed by atoms with van der Waals surface area (Å²) in [5.41, 5.74) is 1.85. The summed E-state index contributed by atoms with van der Waals surface area (Å²) >= 11 is 2.73. The highest BCUT2D eigenvalue weighted by Gasteiger charge is 2.17. The Balaban J connectivity index is 1.98. The summed E-state index contributed by atoms with van der Waals surface area (Å²) in [5.74, 6) is 0.103. The van der Waals surface area contributed by atoms with E-state index in [0.29, 0.717) is 28.5 Å². The van der Waals surface area contributed by atoms with Crippen LogP contribution in [0.25, 0.3) is 21.3 Å². The van der Waals surface area contributed by atoms with Crippen molar-refractivity contribution in [2.75, 3.05) is 12.3 Å². The van der Waals surface area contributed by atoms with Crippen molar-refractivity contribution in [2.24, 2.45) is 0 Å². The maximum atomic E-state index is 13.1. The quantitative estimate of drug-likeness (QED) is 0.384. The molecule has 134 valence electrons. The summed E-state index contributed by atoms with van der Waals surface area (Å²) in [6, 6.07) is 9.84. The molecule has 0 aliphatic carbocycles. The van der Waals surface area contributed by atoms with E-state index >= 15 is 0 Å². The van der Waals surface area contributed by atoms with E-state index in [0.717, 1.165) is 11.1 Å². The highest BCUT2D eigenvalue weighted by atomic mass is 32.2. The molecular weight excluding hydrogens is 366 g/mol. The van der Waals surface area contributed by atoms with Gasteiger partial charge in [0.15, 0.2) is 5.16 Å². The minimum Gasteiger partial charge on any atom is -0.352 e. The van der Waals surface area contributed by atoms with Gasteiger partial charge in [-0.15, -0.1) is 17.9 Å². The number of carbonyl (C=O) groups excluding carboxylic acids is 1. The number of nitrogens with one attached hydrogen (secondary N) is 1. The first-order valence-electron chi connectivity index (χ1n) is 8.23. The van der Waals surface area contributed by atoms with Gasteiger partial charge in [0.2, 0.25) is 5.91 Å². The molecule has 0 bridgehead atoms. The molecule has 26 heavy (non-hydrogen) atoms. The van der Waals surface area contributed by atoms with Crippen LogP contribution in [0.4, 0.5) is 0 Å². The van der Waals surface area contributed by atoms with Crippen molar-refractivity contribution >= 4 is 39.2 Å². The van der Waals surface area contributed by atoms with Crippen LogP contribution in [0.3, 0.4) is 0 Å². The molecule has 1 aromatic carbocycles. The van der Waals surface area contributed by atoms with Crippen LogP contribution in [0.2, 0.25) is 0 Å². The molecule has 3 aromatic rings. The van der Waals surface area contributed by atoms with Crippen LogP contribution in [0.5, 0.6) is 0 Å². The van der Waals surface area contributed by atoms with Crippen LogP contribution in [-0.2, 0) is 11.3 Å². The molecule has 0 saturated heterocycles. The number of hydrogen-bond acceptors (Lipinski definition) is 5. The molecular formula is C19H19N3O2S2. The zero-order chi connectivity index (χ0) is 18.5. The van der Waals surface area contributed by atoms with Crippen LogP contribution in [-0.4, -0.2) is 27.8 Å². The van der Waals surface area contributed by atoms with Gasteiger partial charge < -0.3 is 5.32 Å². The molecule has 0 spiro atoms. The van der Waals surface area contributed by atoms with E-state index in [2.05, 4.69) is 16.9 Å². The summed E-state index contributed by atoms with van der Waals surface area (Å²) in [6.07, 6.45) is 1.63. The lowest BCUT2D eigenvalue weighted by Gasteiger charge is -2.10. The van der Waals surface area contributed by atoms with Gasteiger partial charge in [-0.25, -0.2) is 4.98 Å². The molecule has 5 nitrogen and oxygen atoms in total. The third-order valence-corrected chi connectivity index (χ3v) is 5.68. The Labute approximate surface area is 159 Å². The van der Waals surface area contributed by atoms with E-state index in [-0.39, 0.29) is 17.2 Å². The van der Waals surface area contributed by atoms with Crippen molar-refractivity contribution in [3.8, 4) is 11.1 Å². The number of amides is 1. The van der Waals surface area contributed by atoms with Gasteiger partial charge >= 0.3 is 0 Å². The van der Waals surface area contributed by atoms with Crippen molar-refractivity contribution in [1.29, 1.82) is 0 Å². The number of hydrogen-bond donors (Lipinski definition) is 1. The fourth-order valence-corrected chi connectivity index (χ4v) is 4.47. The Morgan fingerprint density at radius 2 is 2.15 bits per heavy atom. The molecule has 0 aliphatic rings. The van der Waals surface area contributed by atoms with Crippen LogP contribution < -0.4 is 10.9 Å². The molecule has 2 aromatic heterocycles. The third-order valence-electron chi connectivity index (χ3n) is 3.84. The Morgan fingerprint density at radius 3 is 2.85 bits per heavy atom. The SMILES string of the molecule is C=CCNC(=O)CSc1nc2scc(-c3ccccc3)c2c(=O)n1CC. The van der Waals surface area contributed by atoms with E-state index < -0.39 is 0 Å². The first-order valence-corrected chi connectivity index (χ1v) is 10.1. The van der Waals surface area contributed by atoms with Crippen molar-refractivity contribution in [1.82, 2.24) is 14.9 Å².